The fourth-order valence-electron chi connectivity index (χ4n) is 2.06. The summed E-state index contributed by atoms with van der Waals surface area (Å²) in [5.41, 5.74) is 6.33. The minimum atomic E-state index is -0.426. The molecule has 0 aromatic heterocycles. The van der Waals surface area contributed by atoms with Gasteiger partial charge in [-0.3, -0.25) is 9.59 Å². The predicted octanol–water partition coefficient (Wildman–Crippen LogP) is 3.07. The van der Waals surface area contributed by atoms with Crippen LogP contribution in [0.25, 0.3) is 0 Å². The molecule has 0 saturated heterocycles. The molecule has 0 atom stereocenters. The Labute approximate surface area is 154 Å². The number of thioether (sulfide) groups is 2. The third kappa shape index (κ3) is 6.43. The molecule has 0 aliphatic carbocycles. The fourth-order valence-corrected chi connectivity index (χ4v) is 3.69. The van der Waals surface area contributed by atoms with E-state index in [-0.39, 0.29) is 17.5 Å². The summed E-state index contributed by atoms with van der Waals surface area (Å²) < 4.78 is 13.5. The van der Waals surface area contributed by atoms with Crippen molar-refractivity contribution in [3.63, 3.8) is 0 Å². The van der Waals surface area contributed by atoms with Gasteiger partial charge in [0.2, 0.25) is 5.91 Å². The zero-order valence-corrected chi connectivity index (χ0v) is 15.2. The van der Waals surface area contributed by atoms with Crippen LogP contribution in [0.3, 0.4) is 0 Å². The molecular weight excluding hydrogens is 359 g/mol. The van der Waals surface area contributed by atoms with E-state index in [4.69, 9.17) is 5.73 Å². The third-order valence-electron chi connectivity index (χ3n) is 3.25. The summed E-state index contributed by atoms with van der Waals surface area (Å²) in [6, 6.07) is 13.8. The van der Waals surface area contributed by atoms with E-state index in [1.54, 1.807) is 48.2 Å². The van der Waals surface area contributed by atoms with E-state index in [1.165, 1.54) is 17.8 Å². The minimum absolute atomic E-state index is 0.128. The van der Waals surface area contributed by atoms with Gasteiger partial charge in [0.25, 0.3) is 5.91 Å². The molecule has 0 fully saturated rings. The summed E-state index contributed by atoms with van der Waals surface area (Å²) >= 11 is 2.80. The lowest BCUT2D eigenvalue weighted by molar-refractivity contribution is -0.115. The van der Waals surface area contributed by atoms with Crippen LogP contribution >= 0.6 is 23.5 Å². The lowest BCUT2D eigenvalue weighted by atomic mass is 10.2. The second-order valence-electron chi connectivity index (χ2n) is 5.15. The van der Waals surface area contributed by atoms with Crippen LogP contribution in [0, 0.1) is 5.82 Å². The van der Waals surface area contributed by atoms with E-state index >= 15 is 0 Å². The number of benzene rings is 2. The standard InChI is InChI=1S/C18H19FN2O2S2/c19-15-7-3-1-5-13(15)11-24-10-9-21-18(23)14-6-2-4-8-16(14)25-12-17(20)22/h1-8H,9-12H2,(H2,20,22)(H,21,23). The first-order chi connectivity index (χ1) is 12.1. The molecule has 2 aromatic carbocycles. The topological polar surface area (TPSA) is 72.2 Å². The van der Waals surface area contributed by atoms with E-state index < -0.39 is 5.91 Å². The van der Waals surface area contributed by atoms with Crippen molar-refractivity contribution < 1.29 is 14.0 Å². The molecular formula is C18H19FN2O2S2. The number of halogens is 1. The molecule has 2 aromatic rings. The molecule has 2 rings (SSSR count). The zero-order valence-electron chi connectivity index (χ0n) is 13.5. The Morgan fingerprint density at radius 1 is 1.08 bits per heavy atom. The van der Waals surface area contributed by atoms with Gasteiger partial charge in [0.05, 0.1) is 11.3 Å². The Balaban J connectivity index is 1.79. The summed E-state index contributed by atoms with van der Waals surface area (Å²) in [6.45, 7) is 0.479. The van der Waals surface area contributed by atoms with Crippen LogP contribution in [0.2, 0.25) is 0 Å². The van der Waals surface area contributed by atoms with Crippen LogP contribution in [0.5, 0.6) is 0 Å². The van der Waals surface area contributed by atoms with Gasteiger partial charge in [-0.15, -0.1) is 11.8 Å². The second-order valence-corrected chi connectivity index (χ2v) is 7.27. The Hall–Kier alpha value is -1.99. The highest BCUT2D eigenvalue weighted by Crippen LogP contribution is 2.22. The average Bonchev–Trinajstić information content (AvgIpc) is 2.61. The summed E-state index contributed by atoms with van der Waals surface area (Å²) in [5.74, 6) is 0.538. The normalized spacial score (nSPS) is 10.4. The summed E-state index contributed by atoms with van der Waals surface area (Å²) in [5, 5.41) is 2.84. The van der Waals surface area contributed by atoms with Gasteiger partial charge in [-0.05, 0) is 23.8 Å². The quantitative estimate of drug-likeness (QED) is 0.520. The average molecular weight is 378 g/mol. The van der Waals surface area contributed by atoms with Crippen LogP contribution in [0.4, 0.5) is 4.39 Å². The molecule has 0 bridgehead atoms. The second kappa shape index (κ2) is 10.1. The van der Waals surface area contributed by atoms with Crippen molar-refractivity contribution in [1.82, 2.24) is 5.32 Å². The monoisotopic (exact) mass is 378 g/mol. The van der Waals surface area contributed by atoms with E-state index in [0.717, 1.165) is 4.90 Å². The van der Waals surface area contributed by atoms with E-state index in [1.807, 2.05) is 6.07 Å². The van der Waals surface area contributed by atoms with Crippen molar-refractivity contribution in [2.45, 2.75) is 10.6 Å². The van der Waals surface area contributed by atoms with Gasteiger partial charge in [0, 0.05) is 22.9 Å². The maximum Gasteiger partial charge on any atom is 0.252 e. The predicted molar refractivity (Wildman–Crippen MR) is 101 cm³/mol. The number of carbonyl (C=O) groups excluding carboxylic acids is 2. The summed E-state index contributed by atoms with van der Waals surface area (Å²) in [7, 11) is 0. The maximum atomic E-state index is 13.5. The lowest BCUT2D eigenvalue weighted by Gasteiger charge is -2.09. The Bertz CT molecular complexity index is 741. The van der Waals surface area contributed by atoms with Crippen LogP contribution in [0.1, 0.15) is 15.9 Å². The molecule has 25 heavy (non-hydrogen) atoms. The highest BCUT2D eigenvalue weighted by molar-refractivity contribution is 8.00. The van der Waals surface area contributed by atoms with Gasteiger partial charge in [-0.25, -0.2) is 4.39 Å². The smallest absolute Gasteiger partial charge is 0.252 e. The number of amides is 2. The third-order valence-corrected chi connectivity index (χ3v) is 5.35. The van der Waals surface area contributed by atoms with Crippen LogP contribution < -0.4 is 11.1 Å². The molecule has 4 nitrogen and oxygen atoms in total. The molecule has 3 N–H and O–H groups in total. The van der Waals surface area contributed by atoms with Gasteiger partial charge in [-0.1, -0.05) is 30.3 Å². The van der Waals surface area contributed by atoms with E-state index in [0.29, 0.717) is 29.2 Å². The molecule has 0 aliphatic rings. The molecule has 0 unspecified atom stereocenters. The number of hydrogen-bond donors (Lipinski definition) is 2. The van der Waals surface area contributed by atoms with Crippen LogP contribution in [-0.2, 0) is 10.5 Å². The number of hydrogen-bond acceptors (Lipinski definition) is 4. The number of carbonyl (C=O) groups is 2. The molecule has 7 heteroatoms. The van der Waals surface area contributed by atoms with Crippen molar-refractivity contribution in [1.29, 1.82) is 0 Å². The first-order valence-electron chi connectivity index (χ1n) is 7.67. The van der Waals surface area contributed by atoms with Crippen LogP contribution in [0.15, 0.2) is 53.4 Å². The molecule has 0 saturated carbocycles. The van der Waals surface area contributed by atoms with Gasteiger partial charge >= 0.3 is 0 Å². The van der Waals surface area contributed by atoms with Crippen LogP contribution in [-0.4, -0.2) is 29.9 Å². The lowest BCUT2D eigenvalue weighted by Crippen LogP contribution is -2.26. The van der Waals surface area contributed by atoms with Gasteiger partial charge in [0.1, 0.15) is 5.82 Å². The van der Waals surface area contributed by atoms with Crippen molar-refractivity contribution in [2.24, 2.45) is 5.73 Å². The van der Waals surface area contributed by atoms with Crippen molar-refractivity contribution in [3.8, 4) is 0 Å². The fraction of sp³-hybridized carbons (Fsp3) is 0.222. The number of nitrogens with two attached hydrogens (primary N) is 1. The number of nitrogens with one attached hydrogen (secondary N) is 1. The van der Waals surface area contributed by atoms with Crippen molar-refractivity contribution >= 4 is 35.3 Å². The Kier molecular flexibility index (Phi) is 7.81. The van der Waals surface area contributed by atoms with Crippen molar-refractivity contribution in [3.05, 3.63) is 65.5 Å². The largest absolute Gasteiger partial charge is 0.369 e. The zero-order chi connectivity index (χ0) is 18.1. The van der Waals surface area contributed by atoms with E-state index in [9.17, 15) is 14.0 Å². The highest BCUT2D eigenvalue weighted by Gasteiger charge is 2.11. The Morgan fingerprint density at radius 2 is 1.80 bits per heavy atom. The van der Waals surface area contributed by atoms with E-state index in [2.05, 4.69) is 5.32 Å². The van der Waals surface area contributed by atoms with Crippen molar-refractivity contribution in [2.75, 3.05) is 18.1 Å². The van der Waals surface area contributed by atoms with Gasteiger partial charge in [0.15, 0.2) is 0 Å². The first kappa shape index (κ1) is 19.3. The molecule has 132 valence electrons. The molecule has 0 spiro atoms. The molecule has 2 amide bonds. The number of primary amides is 1. The number of rotatable bonds is 9. The summed E-state index contributed by atoms with van der Waals surface area (Å²) in [4.78, 5) is 23.9. The molecule has 0 radical (unpaired) electrons. The van der Waals surface area contributed by atoms with Gasteiger partial charge in [-0.2, -0.15) is 11.8 Å². The van der Waals surface area contributed by atoms with Gasteiger partial charge < -0.3 is 11.1 Å². The highest BCUT2D eigenvalue weighted by atomic mass is 32.2. The summed E-state index contributed by atoms with van der Waals surface area (Å²) in [6.07, 6.45) is 0. The SMILES string of the molecule is NC(=O)CSc1ccccc1C(=O)NCCSCc1ccccc1F. The molecule has 0 heterocycles. The minimum Gasteiger partial charge on any atom is -0.369 e. The molecule has 0 aliphatic heterocycles. The Morgan fingerprint density at radius 3 is 2.56 bits per heavy atom. The first-order valence-corrected chi connectivity index (χ1v) is 9.81. The maximum absolute atomic E-state index is 13.5.